The molecule has 0 fully saturated rings. The number of nitrogens with zero attached hydrogens (tertiary/aromatic N) is 1. The molecule has 1 aromatic heterocycles. The van der Waals surface area contributed by atoms with Crippen LogP contribution in [0.4, 0.5) is 13.2 Å². The Morgan fingerprint density at radius 2 is 2.25 bits per heavy atom. The zero-order chi connectivity index (χ0) is 12.3. The van der Waals surface area contributed by atoms with Crippen LogP contribution in [0.25, 0.3) is 0 Å². The van der Waals surface area contributed by atoms with Crippen molar-refractivity contribution in [1.29, 1.82) is 0 Å². The van der Waals surface area contributed by atoms with Gasteiger partial charge < -0.3 is 4.74 Å². The summed E-state index contributed by atoms with van der Waals surface area (Å²) in [5.74, 6) is -1.94. The number of methoxy groups -OCH3 is 1. The molecule has 0 aliphatic rings. The Hall–Kier alpha value is -1.30. The fourth-order valence-electron chi connectivity index (χ4n) is 0.998. The molecular formula is C9H7ClF3NO2. The summed E-state index contributed by atoms with van der Waals surface area (Å²) in [6.45, 7) is 0. The molecule has 0 aliphatic carbocycles. The normalized spacial score (nSPS) is 10.6. The van der Waals surface area contributed by atoms with Crippen molar-refractivity contribution in [3.63, 3.8) is 0 Å². The van der Waals surface area contributed by atoms with Gasteiger partial charge >= 0.3 is 5.97 Å². The second-order valence-corrected chi connectivity index (χ2v) is 3.22. The Kier molecular flexibility index (Phi) is 4.12. The highest BCUT2D eigenvalue weighted by Crippen LogP contribution is 2.28. The van der Waals surface area contributed by atoms with E-state index >= 15 is 0 Å². The summed E-state index contributed by atoms with van der Waals surface area (Å²) in [6, 6.07) is 0. The molecule has 16 heavy (non-hydrogen) atoms. The van der Waals surface area contributed by atoms with Gasteiger partial charge in [-0.25, -0.2) is 13.2 Å². The van der Waals surface area contributed by atoms with Gasteiger partial charge in [-0.1, -0.05) is 11.6 Å². The van der Waals surface area contributed by atoms with Crippen molar-refractivity contribution < 1.29 is 22.7 Å². The predicted molar refractivity (Wildman–Crippen MR) is 49.9 cm³/mol. The molecule has 0 radical (unpaired) electrons. The Morgan fingerprint density at radius 1 is 1.62 bits per heavy atom. The van der Waals surface area contributed by atoms with Crippen LogP contribution in [-0.4, -0.2) is 18.1 Å². The summed E-state index contributed by atoms with van der Waals surface area (Å²) in [4.78, 5) is 14.4. The van der Waals surface area contributed by atoms with E-state index in [1.54, 1.807) is 0 Å². The number of carbonyl (C=O) groups excluding carboxylic acids is 1. The lowest BCUT2D eigenvalue weighted by molar-refractivity contribution is -0.139. The van der Waals surface area contributed by atoms with Gasteiger partial charge in [-0.2, -0.15) is 0 Å². The standard InChI is InChI=1S/C9H7ClF3NO2/c1-16-6(15)2-5-7(10)8(11)4(3-14-5)9(12)13/h3,9H,2H2,1H3. The molecule has 0 unspecified atom stereocenters. The molecule has 0 spiro atoms. The first-order valence-corrected chi connectivity index (χ1v) is 4.53. The van der Waals surface area contributed by atoms with Crippen molar-refractivity contribution in [2.75, 3.05) is 7.11 Å². The minimum Gasteiger partial charge on any atom is -0.469 e. The maximum atomic E-state index is 13.3. The topological polar surface area (TPSA) is 39.2 Å². The number of ether oxygens (including phenoxy) is 1. The van der Waals surface area contributed by atoms with E-state index in [1.165, 1.54) is 0 Å². The monoisotopic (exact) mass is 253 g/mol. The molecule has 0 atom stereocenters. The third kappa shape index (κ3) is 2.63. The molecular weight excluding hydrogens is 247 g/mol. The minimum absolute atomic E-state index is 0.129. The van der Waals surface area contributed by atoms with Crippen molar-refractivity contribution in [1.82, 2.24) is 4.98 Å². The van der Waals surface area contributed by atoms with Crippen molar-refractivity contribution >= 4 is 17.6 Å². The number of aromatic nitrogens is 1. The van der Waals surface area contributed by atoms with Gasteiger partial charge in [0, 0.05) is 6.20 Å². The number of alkyl halides is 2. The maximum absolute atomic E-state index is 13.3. The van der Waals surface area contributed by atoms with Gasteiger partial charge in [0.2, 0.25) is 0 Å². The van der Waals surface area contributed by atoms with Gasteiger partial charge in [-0.05, 0) is 0 Å². The van der Waals surface area contributed by atoms with Gasteiger partial charge in [0.15, 0.2) is 5.82 Å². The molecule has 0 saturated heterocycles. The average molecular weight is 254 g/mol. The van der Waals surface area contributed by atoms with Crippen LogP contribution in [0.5, 0.6) is 0 Å². The Labute approximate surface area is 94.2 Å². The van der Waals surface area contributed by atoms with Crippen LogP contribution in [0.15, 0.2) is 6.20 Å². The fraction of sp³-hybridized carbons (Fsp3) is 0.333. The van der Waals surface area contributed by atoms with E-state index in [2.05, 4.69) is 9.72 Å². The van der Waals surface area contributed by atoms with Crippen molar-refractivity contribution in [2.45, 2.75) is 12.8 Å². The molecule has 0 aliphatic heterocycles. The van der Waals surface area contributed by atoms with Crippen LogP contribution < -0.4 is 0 Å². The number of hydrogen-bond acceptors (Lipinski definition) is 3. The maximum Gasteiger partial charge on any atom is 0.311 e. The molecule has 1 rings (SSSR count). The van der Waals surface area contributed by atoms with E-state index in [0.29, 0.717) is 6.20 Å². The van der Waals surface area contributed by atoms with Gasteiger partial charge in [0.05, 0.1) is 29.8 Å². The quantitative estimate of drug-likeness (QED) is 0.777. The highest BCUT2D eigenvalue weighted by molar-refractivity contribution is 6.31. The molecule has 1 heterocycles. The smallest absolute Gasteiger partial charge is 0.311 e. The average Bonchev–Trinajstić information content (AvgIpc) is 2.24. The Balaban J connectivity index is 3.07. The Morgan fingerprint density at radius 3 is 2.75 bits per heavy atom. The lowest BCUT2D eigenvalue weighted by atomic mass is 10.2. The highest BCUT2D eigenvalue weighted by Gasteiger charge is 2.20. The fourth-order valence-corrected chi connectivity index (χ4v) is 1.22. The van der Waals surface area contributed by atoms with E-state index < -0.39 is 28.8 Å². The van der Waals surface area contributed by atoms with E-state index in [0.717, 1.165) is 7.11 Å². The largest absolute Gasteiger partial charge is 0.469 e. The molecule has 88 valence electrons. The van der Waals surface area contributed by atoms with Crippen LogP contribution in [0.1, 0.15) is 17.7 Å². The molecule has 3 nitrogen and oxygen atoms in total. The van der Waals surface area contributed by atoms with Crippen LogP contribution in [-0.2, 0) is 16.0 Å². The summed E-state index contributed by atoms with van der Waals surface area (Å²) < 4.78 is 42.1. The highest BCUT2D eigenvalue weighted by atomic mass is 35.5. The van der Waals surface area contributed by atoms with E-state index in [1.807, 2.05) is 0 Å². The second kappa shape index (κ2) is 5.16. The van der Waals surface area contributed by atoms with Crippen molar-refractivity contribution in [2.24, 2.45) is 0 Å². The summed E-state index contributed by atoms with van der Waals surface area (Å²) in [5, 5.41) is -0.580. The molecule has 0 N–H and O–H groups in total. The van der Waals surface area contributed by atoms with Crippen LogP contribution in [0.2, 0.25) is 5.02 Å². The van der Waals surface area contributed by atoms with E-state index in [-0.39, 0.29) is 12.1 Å². The molecule has 0 saturated carbocycles. The Bertz CT molecular complexity index is 412. The number of pyridine rings is 1. The number of rotatable bonds is 3. The van der Waals surface area contributed by atoms with Gasteiger partial charge in [-0.3, -0.25) is 9.78 Å². The van der Waals surface area contributed by atoms with Crippen LogP contribution in [0.3, 0.4) is 0 Å². The first-order valence-electron chi connectivity index (χ1n) is 4.15. The third-order valence-electron chi connectivity index (χ3n) is 1.83. The molecule has 0 bridgehead atoms. The predicted octanol–water partition coefficient (Wildman–Crippen LogP) is 2.53. The molecule has 0 amide bonds. The van der Waals surface area contributed by atoms with Crippen LogP contribution >= 0.6 is 11.6 Å². The molecule has 7 heteroatoms. The lowest BCUT2D eigenvalue weighted by Gasteiger charge is -2.06. The summed E-state index contributed by atoms with van der Waals surface area (Å²) in [6.07, 6.45) is -2.71. The zero-order valence-electron chi connectivity index (χ0n) is 8.14. The number of halogens is 4. The summed E-state index contributed by atoms with van der Waals surface area (Å²) in [5.41, 5.74) is -1.02. The van der Waals surface area contributed by atoms with Crippen LogP contribution in [0, 0.1) is 5.82 Å². The summed E-state index contributed by atoms with van der Waals surface area (Å²) >= 11 is 5.46. The SMILES string of the molecule is COC(=O)Cc1ncc(C(F)F)c(F)c1Cl. The van der Waals surface area contributed by atoms with E-state index in [4.69, 9.17) is 11.6 Å². The third-order valence-corrected chi connectivity index (χ3v) is 2.22. The number of carbonyl (C=O) groups is 1. The number of esters is 1. The summed E-state index contributed by atoms with van der Waals surface area (Å²) in [7, 11) is 1.14. The second-order valence-electron chi connectivity index (χ2n) is 2.84. The van der Waals surface area contributed by atoms with E-state index in [9.17, 15) is 18.0 Å². The van der Waals surface area contributed by atoms with Crippen molar-refractivity contribution in [3.05, 3.63) is 28.3 Å². The zero-order valence-corrected chi connectivity index (χ0v) is 8.89. The lowest BCUT2D eigenvalue weighted by Crippen LogP contribution is -2.08. The van der Waals surface area contributed by atoms with Gasteiger partial charge in [0.25, 0.3) is 6.43 Å². The first kappa shape index (κ1) is 12.8. The van der Waals surface area contributed by atoms with Crippen molar-refractivity contribution in [3.8, 4) is 0 Å². The molecule has 0 aromatic carbocycles. The first-order chi connectivity index (χ1) is 7.47. The van der Waals surface area contributed by atoms with Gasteiger partial charge in [-0.15, -0.1) is 0 Å². The molecule has 1 aromatic rings. The minimum atomic E-state index is -3.00. The number of hydrogen-bond donors (Lipinski definition) is 0. The van der Waals surface area contributed by atoms with Gasteiger partial charge in [0.1, 0.15) is 0 Å².